The van der Waals surface area contributed by atoms with Crippen LogP contribution in [0.3, 0.4) is 0 Å². The molecule has 1 rings (SSSR count). The van der Waals surface area contributed by atoms with Crippen molar-refractivity contribution in [2.45, 2.75) is 20.3 Å². The molecule has 0 aliphatic carbocycles. The highest BCUT2D eigenvalue weighted by Crippen LogP contribution is 2.20. The lowest BCUT2D eigenvalue weighted by Crippen LogP contribution is -1.98. The number of hydrogen-bond acceptors (Lipinski definition) is 2. The first-order chi connectivity index (χ1) is 6.11. The number of benzene rings is 1. The molecule has 2 nitrogen and oxygen atoms in total. The topological polar surface area (TPSA) is 52.0 Å². The van der Waals surface area contributed by atoms with E-state index in [9.17, 15) is 0 Å². The van der Waals surface area contributed by atoms with Crippen molar-refractivity contribution in [2.75, 3.05) is 11.5 Å². The van der Waals surface area contributed by atoms with E-state index in [0.29, 0.717) is 11.4 Å². The zero-order chi connectivity index (χ0) is 9.84. The van der Waals surface area contributed by atoms with Gasteiger partial charge in [0.25, 0.3) is 0 Å². The SMILES string of the molecule is CC(C)=CCc1cccc(N)c1N. The van der Waals surface area contributed by atoms with Gasteiger partial charge in [-0.2, -0.15) is 0 Å². The molecule has 0 spiro atoms. The van der Waals surface area contributed by atoms with E-state index in [1.165, 1.54) is 5.57 Å². The van der Waals surface area contributed by atoms with E-state index in [-0.39, 0.29) is 0 Å². The predicted molar refractivity (Wildman–Crippen MR) is 58.4 cm³/mol. The Bertz CT molecular complexity index is 323. The highest BCUT2D eigenvalue weighted by Gasteiger charge is 1.99. The molecule has 0 saturated carbocycles. The summed E-state index contributed by atoms with van der Waals surface area (Å²) in [5.41, 5.74) is 15.3. The quantitative estimate of drug-likeness (QED) is 0.537. The summed E-state index contributed by atoms with van der Waals surface area (Å²) in [6, 6.07) is 5.76. The number of rotatable bonds is 2. The third kappa shape index (κ3) is 2.51. The molecule has 0 amide bonds. The van der Waals surface area contributed by atoms with Crippen LogP contribution in [0, 0.1) is 0 Å². The Kier molecular flexibility index (Phi) is 2.96. The maximum atomic E-state index is 5.81. The fourth-order valence-electron chi connectivity index (χ4n) is 1.12. The molecule has 0 radical (unpaired) electrons. The summed E-state index contributed by atoms with van der Waals surface area (Å²) < 4.78 is 0. The molecule has 0 aliphatic heterocycles. The lowest BCUT2D eigenvalue weighted by Gasteiger charge is -2.05. The average Bonchev–Trinajstić information content (AvgIpc) is 2.07. The monoisotopic (exact) mass is 176 g/mol. The smallest absolute Gasteiger partial charge is 0.0583 e. The van der Waals surface area contributed by atoms with E-state index in [4.69, 9.17) is 11.5 Å². The zero-order valence-corrected chi connectivity index (χ0v) is 8.17. The summed E-state index contributed by atoms with van der Waals surface area (Å²) in [5, 5.41) is 0. The molecule has 0 heterocycles. The first-order valence-electron chi connectivity index (χ1n) is 4.37. The number of allylic oxidation sites excluding steroid dienone is 2. The van der Waals surface area contributed by atoms with Gasteiger partial charge in [-0.3, -0.25) is 0 Å². The largest absolute Gasteiger partial charge is 0.397 e. The Morgan fingerprint density at radius 2 is 2.00 bits per heavy atom. The third-order valence-electron chi connectivity index (χ3n) is 1.96. The lowest BCUT2D eigenvalue weighted by atomic mass is 10.1. The first-order valence-corrected chi connectivity index (χ1v) is 4.37. The van der Waals surface area contributed by atoms with Crippen molar-refractivity contribution in [3.8, 4) is 0 Å². The normalized spacial score (nSPS) is 9.69. The molecular weight excluding hydrogens is 160 g/mol. The van der Waals surface area contributed by atoms with Gasteiger partial charge in [0, 0.05) is 0 Å². The molecule has 0 atom stereocenters. The van der Waals surface area contributed by atoms with Gasteiger partial charge in [0.1, 0.15) is 0 Å². The van der Waals surface area contributed by atoms with Crippen molar-refractivity contribution >= 4 is 11.4 Å². The first kappa shape index (κ1) is 9.65. The van der Waals surface area contributed by atoms with Gasteiger partial charge >= 0.3 is 0 Å². The minimum absolute atomic E-state index is 0.666. The Hall–Kier alpha value is -1.44. The summed E-state index contributed by atoms with van der Waals surface area (Å²) in [5.74, 6) is 0. The van der Waals surface area contributed by atoms with Crippen molar-refractivity contribution in [3.63, 3.8) is 0 Å². The number of anilines is 2. The maximum absolute atomic E-state index is 5.81. The maximum Gasteiger partial charge on any atom is 0.0583 e. The summed E-state index contributed by atoms with van der Waals surface area (Å²) in [4.78, 5) is 0. The molecule has 4 N–H and O–H groups in total. The summed E-state index contributed by atoms with van der Waals surface area (Å²) in [6.45, 7) is 4.14. The number of nitrogen functional groups attached to an aromatic ring is 2. The fourth-order valence-corrected chi connectivity index (χ4v) is 1.12. The Morgan fingerprint density at radius 1 is 1.31 bits per heavy atom. The number of hydrogen-bond donors (Lipinski definition) is 2. The Morgan fingerprint density at radius 3 is 2.62 bits per heavy atom. The molecule has 0 bridgehead atoms. The highest BCUT2D eigenvalue weighted by atomic mass is 14.7. The molecule has 70 valence electrons. The lowest BCUT2D eigenvalue weighted by molar-refractivity contribution is 1.22. The molecular formula is C11H16N2. The molecule has 1 aromatic carbocycles. The van der Waals surface area contributed by atoms with Crippen molar-refractivity contribution in [3.05, 3.63) is 35.4 Å². The Balaban J connectivity index is 2.89. The molecule has 0 saturated heterocycles. The van der Waals surface area contributed by atoms with Gasteiger partial charge in [0.15, 0.2) is 0 Å². The minimum Gasteiger partial charge on any atom is -0.397 e. The van der Waals surface area contributed by atoms with Crippen LogP contribution in [-0.2, 0) is 6.42 Å². The predicted octanol–water partition coefficient (Wildman–Crippen LogP) is 2.36. The second-order valence-corrected chi connectivity index (χ2v) is 3.41. The Labute approximate surface area is 79.2 Å². The van der Waals surface area contributed by atoms with Crippen LogP contribution >= 0.6 is 0 Å². The third-order valence-corrected chi connectivity index (χ3v) is 1.96. The molecule has 0 aromatic heterocycles. The van der Waals surface area contributed by atoms with E-state index in [0.717, 1.165) is 12.0 Å². The zero-order valence-electron chi connectivity index (χ0n) is 8.17. The van der Waals surface area contributed by atoms with Crippen LogP contribution in [0.25, 0.3) is 0 Å². The summed E-state index contributed by atoms with van der Waals surface area (Å²) in [7, 11) is 0. The average molecular weight is 176 g/mol. The van der Waals surface area contributed by atoms with Crippen molar-refractivity contribution in [1.29, 1.82) is 0 Å². The van der Waals surface area contributed by atoms with E-state index >= 15 is 0 Å². The summed E-state index contributed by atoms with van der Waals surface area (Å²) >= 11 is 0. The van der Waals surface area contributed by atoms with Crippen molar-refractivity contribution in [1.82, 2.24) is 0 Å². The van der Waals surface area contributed by atoms with E-state index in [1.54, 1.807) is 0 Å². The van der Waals surface area contributed by atoms with Crippen LogP contribution in [-0.4, -0.2) is 0 Å². The van der Waals surface area contributed by atoms with Crippen LogP contribution < -0.4 is 11.5 Å². The number of para-hydroxylation sites is 1. The second-order valence-electron chi connectivity index (χ2n) is 3.41. The van der Waals surface area contributed by atoms with Gasteiger partial charge < -0.3 is 11.5 Å². The second kappa shape index (κ2) is 3.99. The van der Waals surface area contributed by atoms with Gasteiger partial charge in [-0.1, -0.05) is 23.8 Å². The van der Waals surface area contributed by atoms with Gasteiger partial charge in [0.2, 0.25) is 0 Å². The molecule has 2 heteroatoms. The molecule has 1 aromatic rings. The van der Waals surface area contributed by atoms with Gasteiger partial charge in [-0.25, -0.2) is 0 Å². The number of nitrogens with two attached hydrogens (primary N) is 2. The fraction of sp³-hybridized carbons (Fsp3) is 0.273. The van der Waals surface area contributed by atoms with E-state index in [2.05, 4.69) is 19.9 Å². The molecule has 0 aliphatic rings. The van der Waals surface area contributed by atoms with Crippen LogP contribution in [0.2, 0.25) is 0 Å². The van der Waals surface area contributed by atoms with Gasteiger partial charge in [0.05, 0.1) is 11.4 Å². The van der Waals surface area contributed by atoms with Crippen LogP contribution in [0.4, 0.5) is 11.4 Å². The van der Waals surface area contributed by atoms with E-state index in [1.807, 2.05) is 18.2 Å². The van der Waals surface area contributed by atoms with E-state index < -0.39 is 0 Å². The molecule has 0 unspecified atom stereocenters. The molecule has 0 fully saturated rings. The van der Waals surface area contributed by atoms with Gasteiger partial charge in [-0.15, -0.1) is 0 Å². The van der Waals surface area contributed by atoms with Gasteiger partial charge in [-0.05, 0) is 31.9 Å². The minimum atomic E-state index is 0.666. The van der Waals surface area contributed by atoms with Crippen LogP contribution in [0.15, 0.2) is 29.8 Å². The van der Waals surface area contributed by atoms with Crippen LogP contribution in [0.5, 0.6) is 0 Å². The van der Waals surface area contributed by atoms with Crippen molar-refractivity contribution < 1.29 is 0 Å². The highest BCUT2D eigenvalue weighted by molar-refractivity contribution is 5.67. The summed E-state index contributed by atoms with van der Waals surface area (Å²) in [6.07, 6.45) is 3.00. The van der Waals surface area contributed by atoms with Crippen LogP contribution in [0.1, 0.15) is 19.4 Å². The standard InChI is InChI=1S/C11H16N2/c1-8(2)6-7-9-4-3-5-10(12)11(9)13/h3-6H,7,12-13H2,1-2H3. The van der Waals surface area contributed by atoms with Crippen molar-refractivity contribution in [2.24, 2.45) is 0 Å². The molecule has 13 heavy (non-hydrogen) atoms.